The van der Waals surface area contributed by atoms with Gasteiger partial charge in [0.25, 0.3) is 0 Å². The summed E-state index contributed by atoms with van der Waals surface area (Å²) in [5, 5.41) is 3.52. The number of hydrogen-bond donors (Lipinski definition) is 1. The molecule has 0 amide bonds. The van der Waals surface area contributed by atoms with Crippen molar-refractivity contribution >= 4 is 29.9 Å². The molecule has 1 N–H and O–H groups in total. The summed E-state index contributed by atoms with van der Waals surface area (Å²) < 4.78 is 16.1. The Kier molecular flexibility index (Phi) is 7.40. The molecule has 1 unspecified atom stereocenters. The fraction of sp³-hybridized carbons (Fsp3) is 0.632. The van der Waals surface area contributed by atoms with Crippen LogP contribution in [0.2, 0.25) is 0 Å². The predicted molar refractivity (Wildman–Crippen MR) is 114 cm³/mol. The molecule has 3 rings (SSSR count). The van der Waals surface area contributed by atoms with Crippen molar-refractivity contribution in [1.82, 2.24) is 10.2 Å². The normalized spacial score (nSPS) is 21.6. The van der Waals surface area contributed by atoms with Gasteiger partial charge in [-0.05, 0) is 24.1 Å². The minimum Gasteiger partial charge on any atom is -0.497 e. The lowest BCUT2D eigenvalue weighted by atomic mass is 9.89. The average molecular weight is 475 g/mol. The van der Waals surface area contributed by atoms with E-state index in [0.717, 1.165) is 56.7 Å². The molecule has 2 fully saturated rings. The van der Waals surface area contributed by atoms with E-state index in [1.54, 1.807) is 14.2 Å². The molecule has 146 valence electrons. The monoisotopic (exact) mass is 475 g/mol. The number of rotatable bonds is 5. The molecular weight excluding hydrogens is 445 g/mol. The van der Waals surface area contributed by atoms with Crippen LogP contribution in [-0.2, 0) is 4.74 Å². The molecule has 2 aliphatic rings. The van der Waals surface area contributed by atoms with Gasteiger partial charge >= 0.3 is 0 Å². The Balaban J connectivity index is 0.00000243. The van der Waals surface area contributed by atoms with Gasteiger partial charge in [0.2, 0.25) is 0 Å². The second-order valence-electron chi connectivity index (χ2n) is 7.28. The number of likely N-dealkylation sites (tertiary alicyclic amines) is 1. The number of ether oxygens (including phenoxy) is 3. The van der Waals surface area contributed by atoms with Gasteiger partial charge in [-0.15, -0.1) is 24.0 Å². The van der Waals surface area contributed by atoms with Crippen molar-refractivity contribution in [2.24, 2.45) is 10.4 Å². The lowest BCUT2D eigenvalue weighted by Gasteiger charge is -2.39. The van der Waals surface area contributed by atoms with Crippen molar-refractivity contribution < 1.29 is 14.2 Å². The van der Waals surface area contributed by atoms with Crippen molar-refractivity contribution in [2.75, 3.05) is 54.1 Å². The SMILES string of the molecule is CN=C(NCC1(C)COC1)N1CCC(c2cc(OC)cc(OC)c2)C1.I. The lowest BCUT2D eigenvalue weighted by Crippen LogP contribution is -2.51. The molecule has 0 bridgehead atoms. The largest absolute Gasteiger partial charge is 0.497 e. The predicted octanol–water partition coefficient (Wildman–Crippen LogP) is 2.72. The molecular formula is C19H30IN3O3. The number of guanidine groups is 1. The number of aliphatic imine (C=N–C) groups is 1. The van der Waals surface area contributed by atoms with Crippen molar-refractivity contribution in [3.05, 3.63) is 23.8 Å². The summed E-state index contributed by atoms with van der Waals surface area (Å²) in [5.41, 5.74) is 1.49. The highest BCUT2D eigenvalue weighted by Gasteiger charge is 2.34. The third kappa shape index (κ3) is 4.73. The number of benzene rings is 1. The molecule has 0 radical (unpaired) electrons. The Morgan fingerprint density at radius 1 is 1.27 bits per heavy atom. The zero-order valence-corrected chi connectivity index (χ0v) is 18.4. The summed E-state index contributed by atoms with van der Waals surface area (Å²) in [6.07, 6.45) is 1.09. The molecule has 2 aliphatic heterocycles. The molecule has 6 nitrogen and oxygen atoms in total. The summed E-state index contributed by atoms with van der Waals surface area (Å²) in [6, 6.07) is 6.14. The van der Waals surface area contributed by atoms with Gasteiger partial charge in [0, 0.05) is 44.1 Å². The van der Waals surface area contributed by atoms with Gasteiger partial charge in [-0.25, -0.2) is 0 Å². The first-order chi connectivity index (χ1) is 12.1. The van der Waals surface area contributed by atoms with E-state index in [1.807, 2.05) is 13.1 Å². The van der Waals surface area contributed by atoms with Crippen molar-refractivity contribution in [3.63, 3.8) is 0 Å². The van der Waals surface area contributed by atoms with Crippen LogP contribution in [0.5, 0.6) is 11.5 Å². The van der Waals surface area contributed by atoms with Gasteiger partial charge in [-0.1, -0.05) is 6.92 Å². The zero-order chi connectivity index (χ0) is 17.9. The molecule has 0 saturated carbocycles. The quantitative estimate of drug-likeness (QED) is 0.404. The summed E-state index contributed by atoms with van der Waals surface area (Å²) in [4.78, 5) is 6.80. The van der Waals surface area contributed by atoms with E-state index in [9.17, 15) is 0 Å². The van der Waals surface area contributed by atoms with Crippen LogP contribution in [0.4, 0.5) is 0 Å². The van der Waals surface area contributed by atoms with Gasteiger partial charge in [-0.2, -0.15) is 0 Å². The van der Waals surface area contributed by atoms with Crippen molar-refractivity contribution in [1.29, 1.82) is 0 Å². The van der Waals surface area contributed by atoms with E-state index in [1.165, 1.54) is 5.56 Å². The van der Waals surface area contributed by atoms with Crippen LogP contribution in [0.1, 0.15) is 24.8 Å². The minimum atomic E-state index is 0. The van der Waals surface area contributed by atoms with Gasteiger partial charge in [-0.3, -0.25) is 4.99 Å². The van der Waals surface area contributed by atoms with Crippen molar-refractivity contribution in [3.8, 4) is 11.5 Å². The molecule has 1 atom stereocenters. The van der Waals surface area contributed by atoms with Crippen LogP contribution in [0.25, 0.3) is 0 Å². The maximum Gasteiger partial charge on any atom is 0.193 e. The summed E-state index contributed by atoms with van der Waals surface area (Å²) >= 11 is 0. The Hall–Kier alpha value is -1.22. The van der Waals surface area contributed by atoms with Crippen molar-refractivity contribution in [2.45, 2.75) is 19.3 Å². The lowest BCUT2D eigenvalue weighted by molar-refractivity contribution is -0.0972. The molecule has 0 aromatic heterocycles. The van der Waals surface area contributed by atoms with E-state index in [2.05, 4.69) is 34.3 Å². The molecule has 7 heteroatoms. The third-order valence-electron chi connectivity index (χ3n) is 5.12. The first kappa shape index (κ1) is 21.1. The zero-order valence-electron chi connectivity index (χ0n) is 16.1. The number of nitrogens with one attached hydrogen (secondary N) is 1. The topological polar surface area (TPSA) is 55.3 Å². The maximum absolute atomic E-state index is 5.41. The van der Waals surface area contributed by atoms with E-state index >= 15 is 0 Å². The van der Waals surface area contributed by atoms with Gasteiger partial charge in [0.05, 0.1) is 27.4 Å². The van der Waals surface area contributed by atoms with Crippen LogP contribution in [0.3, 0.4) is 0 Å². The number of hydrogen-bond acceptors (Lipinski definition) is 4. The fourth-order valence-electron chi connectivity index (χ4n) is 3.47. The van der Waals surface area contributed by atoms with Gasteiger partial charge in [0.15, 0.2) is 5.96 Å². The fourth-order valence-corrected chi connectivity index (χ4v) is 3.47. The highest BCUT2D eigenvalue weighted by molar-refractivity contribution is 14.0. The van der Waals surface area contributed by atoms with E-state index in [-0.39, 0.29) is 29.4 Å². The standard InChI is InChI=1S/C19H29N3O3.HI/c1-19(12-25-13-19)11-21-18(20-2)22-6-5-14(10-22)15-7-16(23-3)9-17(8-15)24-4;/h7-9,14H,5-6,10-13H2,1-4H3,(H,20,21);1H. The first-order valence-electron chi connectivity index (χ1n) is 8.83. The minimum absolute atomic E-state index is 0. The molecule has 2 heterocycles. The number of nitrogens with zero attached hydrogens (tertiary/aromatic N) is 2. The summed E-state index contributed by atoms with van der Waals surface area (Å²) in [5.74, 6) is 3.11. The highest BCUT2D eigenvalue weighted by atomic mass is 127. The smallest absolute Gasteiger partial charge is 0.193 e. The summed E-state index contributed by atoms with van der Waals surface area (Å²) in [7, 11) is 5.23. The molecule has 1 aromatic rings. The number of halogens is 1. The Bertz CT molecular complexity index is 612. The van der Waals surface area contributed by atoms with Crippen LogP contribution in [0.15, 0.2) is 23.2 Å². The Labute approximate surface area is 173 Å². The molecule has 26 heavy (non-hydrogen) atoms. The van der Waals surface area contributed by atoms with Crippen LogP contribution >= 0.6 is 24.0 Å². The molecule has 2 saturated heterocycles. The van der Waals surface area contributed by atoms with Crippen LogP contribution in [-0.4, -0.2) is 65.0 Å². The van der Waals surface area contributed by atoms with Gasteiger partial charge < -0.3 is 24.4 Å². The van der Waals surface area contributed by atoms with Crippen LogP contribution < -0.4 is 14.8 Å². The summed E-state index contributed by atoms with van der Waals surface area (Å²) in [6.45, 7) is 6.73. The average Bonchev–Trinajstić information content (AvgIpc) is 3.10. The number of methoxy groups -OCH3 is 2. The maximum atomic E-state index is 5.41. The van der Waals surface area contributed by atoms with E-state index < -0.39 is 0 Å². The molecule has 0 aliphatic carbocycles. The highest BCUT2D eigenvalue weighted by Crippen LogP contribution is 2.33. The Morgan fingerprint density at radius 3 is 2.42 bits per heavy atom. The van der Waals surface area contributed by atoms with E-state index in [0.29, 0.717) is 5.92 Å². The molecule has 1 aromatic carbocycles. The van der Waals surface area contributed by atoms with Crippen LogP contribution in [0, 0.1) is 5.41 Å². The van der Waals surface area contributed by atoms with E-state index in [4.69, 9.17) is 14.2 Å². The first-order valence-corrected chi connectivity index (χ1v) is 8.83. The second-order valence-corrected chi connectivity index (χ2v) is 7.28. The third-order valence-corrected chi connectivity index (χ3v) is 5.12. The van der Waals surface area contributed by atoms with Gasteiger partial charge in [0.1, 0.15) is 11.5 Å². The Morgan fingerprint density at radius 2 is 1.92 bits per heavy atom. The molecule has 0 spiro atoms. The second kappa shape index (κ2) is 9.12.